The lowest BCUT2D eigenvalue weighted by Gasteiger charge is -2.09. The van der Waals surface area contributed by atoms with Crippen molar-refractivity contribution in [2.24, 2.45) is 0 Å². The second kappa shape index (κ2) is 7.70. The lowest BCUT2D eigenvalue weighted by molar-refractivity contribution is 0.0699. The highest BCUT2D eigenvalue weighted by Gasteiger charge is 2.13. The fourth-order valence-electron chi connectivity index (χ4n) is 2.65. The van der Waals surface area contributed by atoms with Crippen LogP contribution in [-0.2, 0) is 0 Å². The number of carboxylic acids is 1. The number of allylic oxidation sites excluding steroid dienone is 2. The molecule has 0 unspecified atom stereocenters. The molecule has 0 aliphatic rings. The van der Waals surface area contributed by atoms with Gasteiger partial charge in [-0.3, -0.25) is 0 Å². The van der Waals surface area contributed by atoms with Crippen molar-refractivity contribution in [3.8, 4) is 29.5 Å². The van der Waals surface area contributed by atoms with Crippen molar-refractivity contribution < 1.29 is 9.90 Å². The summed E-state index contributed by atoms with van der Waals surface area (Å²) in [6, 6.07) is 20.3. The number of anilines is 1. The molecule has 0 aliphatic heterocycles. The topological polar surface area (TPSA) is 134 Å². The normalized spacial score (nSPS) is 9.61. The zero-order chi connectivity index (χ0) is 20.1. The van der Waals surface area contributed by atoms with E-state index in [0.29, 0.717) is 27.8 Å². The SMILES string of the molecule is N#CC(C#N)=C(C#N)Nc1ccc(-c2cc(C(=O)O)c3ccccc3n2)cc1. The van der Waals surface area contributed by atoms with Crippen molar-refractivity contribution in [2.45, 2.75) is 0 Å². The number of rotatable bonds is 4. The third-order valence-corrected chi connectivity index (χ3v) is 3.98. The van der Waals surface area contributed by atoms with E-state index < -0.39 is 5.97 Å². The van der Waals surface area contributed by atoms with Crippen LogP contribution in [0.1, 0.15) is 10.4 Å². The number of hydrogen-bond donors (Lipinski definition) is 2. The minimum absolute atomic E-state index is 0.144. The molecule has 132 valence electrons. The summed E-state index contributed by atoms with van der Waals surface area (Å²) in [5, 5.41) is 39.6. The largest absolute Gasteiger partial charge is 0.478 e. The summed E-state index contributed by atoms with van der Waals surface area (Å²) in [5.41, 5.74) is 1.95. The van der Waals surface area contributed by atoms with Crippen LogP contribution < -0.4 is 5.32 Å². The Hall–Kier alpha value is -4.67. The van der Waals surface area contributed by atoms with Gasteiger partial charge >= 0.3 is 5.97 Å². The first-order chi connectivity index (χ1) is 13.6. The first-order valence-corrected chi connectivity index (χ1v) is 8.02. The average molecular weight is 365 g/mol. The molecular formula is C21H11N5O2. The number of fused-ring (bicyclic) bond motifs is 1. The van der Waals surface area contributed by atoms with Crippen LogP contribution in [0.25, 0.3) is 22.2 Å². The fraction of sp³-hybridized carbons (Fsp3) is 0. The highest BCUT2D eigenvalue weighted by molar-refractivity contribution is 6.03. The second-order valence-corrected chi connectivity index (χ2v) is 5.67. The van der Waals surface area contributed by atoms with Crippen LogP contribution in [0, 0.1) is 34.0 Å². The molecule has 28 heavy (non-hydrogen) atoms. The van der Waals surface area contributed by atoms with Crippen LogP contribution in [0.3, 0.4) is 0 Å². The van der Waals surface area contributed by atoms with Gasteiger partial charge in [0.1, 0.15) is 23.9 Å². The molecule has 0 atom stereocenters. The van der Waals surface area contributed by atoms with Crippen molar-refractivity contribution in [2.75, 3.05) is 5.32 Å². The van der Waals surface area contributed by atoms with Crippen molar-refractivity contribution in [1.29, 1.82) is 15.8 Å². The number of nitriles is 3. The zero-order valence-corrected chi connectivity index (χ0v) is 14.3. The third-order valence-electron chi connectivity index (χ3n) is 3.98. The summed E-state index contributed by atoms with van der Waals surface area (Å²) in [7, 11) is 0. The molecule has 0 spiro atoms. The number of nitrogens with zero attached hydrogens (tertiary/aromatic N) is 4. The molecule has 1 heterocycles. The minimum Gasteiger partial charge on any atom is -0.478 e. The van der Waals surface area contributed by atoms with E-state index in [4.69, 9.17) is 15.8 Å². The number of hydrogen-bond acceptors (Lipinski definition) is 6. The first kappa shape index (κ1) is 18.1. The molecule has 7 nitrogen and oxygen atoms in total. The predicted octanol–water partition coefficient (Wildman–Crippen LogP) is 3.84. The van der Waals surface area contributed by atoms with E-state index in [2.05, 4.69) is 10.3 Å². The number of pyridine rings is 1. The van der Waals surface area contributed by atoms with Crippen LogP contribution in [0.5, 0.6) is 0 Å². The number of para-hydroxylation sites is 1. The maximum absolute atomic E-state index is 11.6. The Morgan fingerprint density at radius 2 is 1.64 bits per heavy atom. The van der Waals surface area contributed by atoms with Crippen LogP contribution in [0.15, 0.2) is 65.9 Å². The van der Waals surface area contributed by atoms with Crippen LogP contribution in [-0.4, -0.2) is 16.1 Å². The lowest BCUT2D eigenvalue weighted by Crippen LogP contribution is -2.01. The van der Waals surface area contributed by atoms with Gasteiger partial charge in [0.05, 0.1) is 16.8 Å². The van der Waals surface area contributed by atoms with Crippen molar-refractivity contribution in [3.05, 3.63) is 71.4 Å². The number of nitrogens with one attached hydrogen (secondary N) is 1. The second-order valence-electron chi connectivity index (χ2n) is 5.67. The highest BCUT2D eigenvalue weighted by atomic mass is 16.4. The number of carbonyl (C=O) groups is 1. The molecule has 1 aromatic heterocycles. The molecule has 2 N–H and O–H groups in total. The minimum atomic E-state index is -1.04. The Labute approximate surface area is 160 Å². The summed E-state index contributed by atoms with van der Waals surface area (Å²) >= 11 is 0. The predicted molar refractivity (Wildman–Crippen MR) is 102 cm³/mol. The van der Waals surface area contributed by atoms with Gasteiger partial charge in [0, 0.05) is 16.6 Å². The Morgan fingerprint density at radius 3 is 2.25 bits per heavy atom. The third kappa shape index (κ3) is 3.48. The van der Waals surface area contributed by atoms with E-state index in [1.165, 1.54) is 6.07 Å². The summed E-state index contributed by atoms with van der Waals surface area (Å²) in [4.78, 5) is 16.1. The standard InChI is InChI=1S/C21H11N5O2/c22-10-14(11-23)20(12-24)25-15-7-5-13(6-8-15)19-9-17(21(27)28)16-3-1-2-4-18(16)26-19/h1-9,25H,(H,27,28). The molecule has 0 radical (unpaired) electrons. The molecule has 0 amide bonds. The van der Waals surface area contributed by atoms with Gasteiger partial charge in [-0.05, 0) is 24.3 Å². The van der Waals surface area contributed by atoms with E-state index in [-0.39, 0.29) is 16.8 Å². The Bertz CT molecular complexity index is 1220. The zero-order valence-electron chi connectivity index (χ0n) is 14.3. The summed E-state index contributed by atoms with van der Waals surface area (Å²) in [5.74, 6) is -1.04. The molecule has 0 saturated carbocycles. The monoisotopic (exact) mass is 365 g/mol. The van der Waals surface area contributed by atoms with Gasteiger partial charge < -0.3 is 10.4 Å². The quantitative estimate of drug-likeness (QED) is 0.671. The van der Waals surface area contributed by atoms with Gasteiger partial charge in [-0.25, -0.2) is 9.78 Å². The smallest absolute Gasteiger partial charge is 0.336 e. The molecule has 3 aromatic rings. The van der Waals surface area contributed by atoms with E-state index in [0.717, 1.165) is 0 Å². The summed E-state index contributed by atoms with van der Waals surface area (Å²) < 4.78 is 0. The molecule has 7 heteroatoms. The molecular weight excluding hydrogens is 354 g/mol. The van der Waals surface area contributed by atoms with Crippen LogP contribution in [0.4, 0.5) is 5.69 Å². The first-order valence-electron chi connectivity index (χ1n) is 8.02. The number of carboxylic acid groups (broad SMARTS) is 1. The van der Waals surface area contributed by atoms with Gasteiger partial charge in [0.2, 0.25) is 0 Å². The van der Waals surface area contributed by atoms with Crippen molar-refractivity contribution >= 4 is 22.6 Å². The van der Waals surface area contributed by atoms with E-state index in [1.54, 1.807) is 66.7 Å². The van der Waals surface area contributed by atoms with E-state index >= 15 is 0 Å². The molecule has 3 rings (SSSR count). The lowest BCUT2D eigenvalue weighted by atomic mass is 10.0. The van der Waals surface area contributed by atoms with E-state index in [9.17, 15) is 9.90 Å². The maximum Gasteiger partial charge on any atom is 0.336 e. The summed E-state index contributed by atoms with van der Waals surface area (Å²) in [6.45, 7) is 0. The van der Waals surface area contributed by atoms with Crippen LogP contribution >= 0.6 is 0 Å². The van der Waals surface area contributed by atoms with Gasteiger partial charge in [0.25, 0.3) is 0 Å². The molecule has 0 bridgehead atoms. The molecule has 0 aliphatic carbocycles. The number of aromatic carboxylic acids is 1. The number of aromatic nitrogens is 1. The maximum atomic E-state index is 11.6. The molecule has 0 saturated heterocycles. The van der Waals surface area contributed by atoms with E-state index in [1.807, 2.05) is 0 Å². The van der Waals surface area contributed by atoms with Gasteiger partial charge in [-0.1, -0.05) is 30.3 Å². The van der Waals surface area contributed by atoms with Gasteiger partial charge in [-0.15, -0.1) is 0 Å². The molecule has 2 aromatic carbocycles. The Kier molecular flexibility index (Phi) is 4.98. The Morgan fingerprint density at radius 1 is 0.964 bits per heavy atom. The summed E-state index contributed by atoms with van der Waals surface area (Å²) in [6.07, 6.45) is 0. The fourth-order valence-corrected chi connectivity index (χ4v) is 2.65. The van der Waals surface area contributed by atoms with Gasteiger partial charge in [-0.2, -0.15) is 15.8 Å². The van der Waals surface area contributed by atoms with Crippen molar-refractivity contribution in [3.63, 3.8) is 0 Å². The number of benzene rings is 2. The Balaban J connectivity index is 2.00. The van der Waals surface area contributed by atoms with Crippen LogP contribution in [0.2, 0.25) is 0 Å². The molecule has 0 fully saturated rings. The van der Waals surface area contributed by atoms with Gasteiger partial charge in [0.15, 0.2) is 5.57 Å². The highest BCUT2D eigenvalue weighted by Crippen LogP contribution is 2.26. The van der Waals surface area contributed by atoms with Crippen molar-refractivity contribution in [1.82, 2.24) is 4.98 Å². The average Bonchev–Trinajstić information content (AvgIpc) is 2.73.